The van der Waals surface area contributed by atoms with Crippen LogP contribution in [0.1, 0.15) is 32.1 Å². The zero-order valence-corrected chi connectivity index (χ0v) is 9.98. The molecule has 92 valence electrons. The fourth-order valence-corrected chi connectivity index (χ4v) is 2.45. The number of aromatic nitrogens is 1. The van der Waals surface area contributed by atoms with Crippen LogP contribution in [0.15, 0.2) is 24.5 Å². The largest absolute Gasteiger partial charge is 0.329 e. The highest BCUT2D eigenvalue weighted by atomic mass is 16.2. The molecule has 0 aromatic carbocycles. The van der Waals surface area contributed by atoms with Gasteiger partial charge in [-0.05, 0) is 25.0 Å². The monoisotopic (exact) mass is 233 g/mol. The van der Waals surface area contributed by atoms with E-state index in [1.54, 1.807) is 24.5 Å². The quantitative estimate of drug-likeness (QED) is 0.838. The van der Waals surface area contributed by atoms with Crippen molar-refractivity contribution >= 4 is 11.6 Å². The zero-order chi connectivity index (χ0) is 12.1. The van der Waals surface area contributed by atoms with Crippen LogP contribution in [0.25, 0.3) is 0 Å². The van der Waals surface area contributed by atoms with E-state index in [1.807, 2.05) is 0 Å². The number of hydrogen-bond acceptors (Lipinski definition) is 3. The molecule has 1 saturated carbocycles. The van der Waals surface area contributed by atoms with Gasteiger partial charge < -0.3 is 11.1 Å². The average Bonchev–Trinajstić information content (AvgIpc) is 2.40. The standard InChI is InChI=1S/C13H19N3O/c14-10-13(6-2-1-3-7-13)12(17)16-11-4-8-15-9-5-11/h4-5,8-9H,1-3,6-7,10,14H2,(H,15,16,17). The van der Waals surface area contributed by atoms with E-state index in [2.05, 4.69) is 10.3 Å². The summed E-state index contributed by atoms with van der Waals surface area (Å²) in [6.07, 6.45) is 8.56. The Kier molecular flexibility index (Phi) is 3.74. The summed E-state index contributed by atoms with van der Waals surface area (Å²) in [6, 6.07) is 3.59. The van der Waals surface area contributed by atoms with Crippen molar-refractivity contribution in [2.24, 2.45) is 11.1 Å². The van der Waals surface area contributed by atoms with E-state index < -0.39 is 0 Å². The lowest BCUT2D eigenvalue weighted by Gasteiger charge is -2.34. The third-order valence-corrected chi connectivity index (χ3v) is 3.62. The molecule has 1 amide bonds. The summed E-state index contributed by atoms with van der Waals surface area (Å²) in [7, 11) is 0. The Morgan fingerprint density at radius 1 is 1.29 bits per heavy atom. The van der Waals surface area contributed by atoms with Crippen molar-refractivity contribution < 1.29 is 4.79 Å². The van der Waals surface area contributed by atoms with E-state index in [0.29, 0.717) is 6.54 Å². The van der Waals surface area contributed by atoms with E-state index in [1.165, 1.54) is 6.42 Å². The normalized spacial score (nSPS) is 18.6. The number of pyridine rings is 1. The maximum absolute atomic E-state index is 12.3. The molecule has 1 fully saturated rings. The maximum atomic E-state index is 12.3. The molecule has 4 nitrogen and oxygen atoms in total. The van der Waals surface area contributed by atoms with E-state index in [-0.39, 0.29) is 11.3 Å². The number of carbonyl (C=O) groups is 1. The number of nitrogens with one attached hydrogen (secondary N) is 1. The Balaban J connectivity index is 2.07. The smallest absolute Gasteiger partial charge is 0.231 e. The minimum Gasteiger partial charge on any atom is -0.329 e. The molecular weight excluding hydrogens is 214 g/mol. The van der Waals surface area contributed by atoms with Crippen molar-refractivity contribution in [2.45, 2.75) is 32.1 Å². The first-order chi connectivity index (χ1) is 8.27. The summed E-state index contributed by atoms with van der Waals surface area (Å²) in [6.45, 7) is 0.434. The van der Waals surface area contributed by atoms with Crippen molar-refractivity contribution in [1.82, 2.24) is 4.98 Å². The molecule has 0 unspecified atom stereocenters. The van der Waals surface area contributed by atoms with Crippen LogP contribution < -0.4 is 11.1 Å². The molecule has 1 aromatic heterocycles. The Bertz CT molecular complexity index is 372. The van der Waals surface area contributed by atoms with Gasteiger partial charge in [-0.25, -0.2) is 0 Å². The van der Waals surface area contributed by atoms with Crippen molar-refractivity contribution in [3.63, 3.8) is 0 Å². The molecule has 1 aliphatic carbocycles. The van der Waals surface area contributed by atoms with Gasteiger partial charge in [0.25, 0.3) is 0 Å². The summed E-state index contributed by atoms with van der Waals surface area (Å²) in [5, 5.41) is 2.94. The van der Waals surface area contributed by atoms with Gasteiger partial charge in [-0.3, -0.25) is 9.78 Å². The van der Waals surface area contributed by atoms with E-state index in [0.717, 1.165) is 31.4 Å². The number of carbonyl (C=O) groups excluding carboxylic acids is 1. The molecule has 0 radical (unpaired) electrons. The van der Waals surface area contributed by atoms with E-state index >= 15 is 0 Å². The summed E-state index contributed by atoms with van der Waals surface area (Å²) >= 11 is 0. The highest BCUT2D eigenvalue weighted by molar-refractivity contribution is 5.95. The molecule has 1 heterocycles. The maximum Gasteiger partial charge on any atom is 0.231 e. The van der Waals surface area contributed by atoms with Crippen molar-refractivity contribution in [3.05, 3.63) is 24.5 Å². The van der Waals surface area contributed by atoms with Crippen LogP contribution in [0.5, 0.6) is 0 Å². The summed E-state index contributed by atoms with van der Waals surface area (Å²) in [4.78, 5) is 16.2. The van der Waals surface area contributed by atoms with E-state index in [4.69, 9.17) is 5.73 Å². The number of hydrogen-bond donors (Lipinski definition) is 2. The van der Waals surface area contributed by atoms with Gasteiger partial charge in [0.05, 0.1) is 5.41 Å². The molecule has 0 saturated heterocycles. The number of nitrogens with two attached hydrogens (primary N) is 1. The third-order valence-electron chi connectivity index (χ3n) is 3.62. The second kappa shape index (κ2) is 5.27. The van der Waals surface area contributed by atoms with Gasteiger partial charge in [-0.15, -0.1) is 0 Å². The van der Waals surface area contributed by atoms with E-state index in [9.17, 15) is 4.79 Å². The summed E-state index contributed by atoms with van der Waals surface area (Å²) in [5.74, 6) is 0.0610. The highest BCUT2D eigenvalue weighted by Crippen LogP contribution is 2.36. The first-order valence-corrected chi connectivity index (χ1v) is 6.18. The fourth-order valence-electron chi connectivity index (χ4n) is 2.45. The molecule has 1 aliphatic rings. The molecule has 3 N–H and O–H groups in total. The van der Waals surface area contributed by atoms with Crippen molar-refractivity contribution in [1.29, 1.82) is 0 Å². The summed E-state index contributed by atoms with van der Waals surface area (Å²) in [5.41, 5.74) is 6.25. The molecule has 0 spiro atoms. The Labute approximate surface area is 102 Å². The molecule has 2 rings (SSSR count). The fraction of sp³-hybridized carbons (Fsp3) is 0.538. The first-order valence-electron chi connectivity index (χ1n) is 6.18. The lowest BCUT2D eigenvalue weighted by atomic mass is 9.73. The van der Waals surface area contributed by atoms with Crippen LogP contribution >= 0.6 is 0 Å². The molecule has 1 aromatic rings. The van der Waals surface area contributed by atoms with Gasteiger partial charge >= 0.3 is 0 Å². The van der Waals surface area contributed by atoms with Crippen LogP contribution in [0, 0.1) is 5.41 Å². The van der Waals surface area contributed by atoms with Gasteiger partial charge in [-0.1, -0.05) is 19.3 Å². The zero-order valence-electron chi connectivity index (χ0n) is 9.98. The molecule has 0 aliphatic heterocycles. The van der Waals surface area contributed by atoms with Crippen molar-refractivity contribution in [2.75, 3.05) is 11.9 Å². The molecule has 0 bridgehead atoms. The Morgan fingerprint density at radius 3 is 2.53 bits per heavy atom. The van der Waals surface area contributed by atoms with Crippen molar-refractivity contribution in [3.8, 4) is 0 Å². The number of anilines is 1. The van der Waals surface area contributed by atoms with Gasteiger partial charge in [-0.2, -0.15) is 0 Å². The molecular formula is C13H19N3O. The molecule has 17 heavy (non-hydrogen) atoms. The second-order valence-electron chi connectivity index (χ2n) is 4.74. The Morgan fingerprint density at radius 2 is 1.94 bits per heavy atom. The summed E-state index contributed by atoms with van der Waals surface area (Å²) < 4.78 is 0. The lowest BCUT2D eigenvalue weighted by Crippen LogP contribution is -2.43. The van der Waals surface area contributed by atoms with Gasteiger partial charge in [0.15, 0.2) is 0 Å². The third kappa shape index (κ3) is 2.64. The minimum absolute atomic E-state index is 0.0610. The van der Waals surface area contributed by atoms with Crippen LogP contribution in [0.2, 0.25) is 0 Å². The van der Waals surface area contributed by atoms with Crippen LogP contribution in [0.3, 0.4) is 0 Å². The Hall–Kier alpha value is -1.42. The van der Waals surface area contributed by atoms with Gasteiger partial charge in [0, 0.05) is 24.6 Å². The highest BCUT2D eigenvalue weighted by Gasteiger charge is 2.38. The average molecular weight is 233 g/mol. The molecule has 4 heteroatoms. The predicted molar refractivity (Wildman–Crippen MR) is 67.4 cm³/mol. The first kappa shape index (κ1) is 12.0. The minimum atomic E-state index is -0.360. The predicted octanol–water partition coefficient (Wildman–Crippen LogP) is 1.93. The van der Waals surface area contributed by atoms with Crippen LogP contribution in [0.4, 0.5) is 5.69 Å². The lowest BCUT2D eigenvalue weighted by molar-refractivity contribution is -0.126. The topological polar surface area (TPSA) is 68.0 Å². The number of nitrogens with zero attached hydrogens (tertiary/aromatic N) is 1. The molecule has 0 atom stereocenters. The number of rotatable bonds is 3. The number of amides is 1. The second-order valence-corrected chi connectivity index (χ2v) is 4.74. The van der Waals surface area contributed by atoms with Crippen LogP contribution in [-0.2, 0) is 4.79 Å². The SMILES string of the molecule is NCC1(C(=O)Nc2ccncc2)CCCCC1. The van der Waals surface area contributed by atoms with Gasteiger partial charge in [0.2, 0.25) is 5.91 Å². The van der Waals surface area contributed by atoms with Gasteiger partial charge in [0.1, 0.15) is 0 Å². The van der Waals surface area contributed by atoms with Crippen LogP contribution in [-0.4, -0.2) is 17.4 Å².